The lowest BCUT2D eigenvalue weighted by molar-refractivity contribution is 0.346. The molecule has 5 heteroatoms. The predicted octanol–water partition coefficient (Wildman–Crippen LogP) is 3.06. The van der Waals surface area contributed by atoms with Crippen LogP contribution in [-0.2, 0) is 6.42 Å². The molecule has 0 fully saturated rings. The Morgan fingerprint density at radius 3 is 2.38 bits per heavy atom. The molecule has 112 valence electrons. The number of halogens is 1. The zero-order chi connectivity index (χ0) is 15.2. The molecule has 0 aliphatic carbocycles. The van der Waals surface area contributed by atoms with E-state index in [-0.39, 0.29) is 6.04 Å². The van der Waals surface area contributed by atoms with E-state index < -0.39 is 0 Å². The number of nitrogens with one attached hydrogen (secondary N) is 1. The van der Waals surface area contributed by atoms with E-state index in [4.69, 9.17) is 15.3 Å². The Morgan fingerprint density at radius 1 is 1.10 bits per heavy atom. The molecule has 1 unspecified atom stereocenters. The molecule has 0 aliphatic rings. The Bertz CT molecular complexity index is 587. The van der Waals surface area contributed by atoms with Crippen molar-refractivity contribution in [3.05, 3.63) is 57.2 Å². The van der Waals surface area contributed by atoms with Crippen molar-refractivity contribution >= 4 is 22.6 Å². The largest absolute Gasteiger partial charge is 0.493 e. The van der Waals surface area contributed by atoms with Crippen molar-refractivity contribution in [2.45, 2.75) is 12.5 Å². The van der Waals surface area contributed by atoms with Crippen LogP contribution in [0.25, 0.3) is 0 Å². The summed E-state index contributed by atoms with van der Waals surface area (Å²) < 4.78 is 12.0. The predicted molar refractivity (Wildman–Crippen MR) is 92.5 cm³/mol. The van der Waals surface area contributed by atoms with Crippen molar-refractivity contribution in [3.8, 4) is 11.5 Å². The Hall–Kier alpha value is -1.31. The van der Waals surface area contributed by atoms with Crippen molar-refractivity contribution in [3.63, 3.8) is 0 Å². The van der Waals surface area contributed by atoms with Gasteiger partial charge in [0.05, 0.1) is 20.3 Å². The molecule has 0 radical (unpaired) electrons. The van der Waals surface area contributed by atoms with E-state index in [1.54, 1.807) is 14.2 Å². The van der Waals surface area contributed by atoms with Gasteiger partial charge in [-0.25, -0.2) is 0 Å². The smallest absolute Gasteiger partial charge is 0.165 e. The second-order valence-corrected chi connectivity index (χ2v) is 5.88. The molecule has 0 saturated carbocycles. The van der Waals surface area contributed by atoms with Gasteiger partial charge in [0.1, 0.15) is 0 Å². The van der Waals surface area contributed by atoms with E-state index in [1.807, 2.05) is 18.2 Å². The van der Waals surface area contributed by atoms with Crippen LogP contribution in [0.3, 0.4) is 0 Å². The van der Waals surface area contributed by atoms with Gasteiger partial charge >= 0.3 is 0 Å². The lowest BCUT2D eigenvalue weighted by Crippen LogP contribution is -2.30. The van der Waals surface area contributed by atoms with E-state index >= 15 is 0 Å². The van der Waals surface area contributed by atoms with Crippen molar-refractivity contribution < 1.29 is 9.47 Å². The molecule has 0 aliphatic heterocycles. The van der Waals surface area contributed by atoms with Crippen molar-refractivity contribution in [2.75, 3.05) is 14.2 Å². The molecule has 2 aromatic rings. The van der Waals surface area contributed by atoms with Gasteiger partial charge in [0.15, 0.2) is 11.5 Å². The average molecular weight is 398 g/mol. The van der Waals surface area contributed by atoms with Crippen LogP contribution < -0.4 is 20.7 Å². The molecule has 0 saturated heterocycles. The fourth-order valence-corrected chi connectivity index (χ4v) is 2.66. The minimum absolute atomic E-state index is 0.0462. The SMILES string of the molecule is COc1cccc(C(Cc2ccc(I)cc2)NN)c1OC. The molecule has 0 heterocycles. The molecule has 21 heavy (non-hydrogen) atoms. The standard InChI is InChI=1S/C16H19IN2O2/c1-20-15-5-3-4-13(16(15)21-2)14(19-18)10-11-6-8-12(17)9-7-11/h3-9,14,19H,10,18H2,1-2H3. The van der Waals surface area contributed by atoms with Gasteiger partial charge in [0.25, 0.3) is 0 Å². The first kappa shape index (κ1) is 16.1. The van der Waals surface area contributed by atoms with Crippen molar-refractivity contribution in [2.24, 2.45) is 5.84 Å². The molecular weight excluding hydrogens is 379 g/mol. The molecular formula is C16H19IN2O2. The summed E-state index contributed by atoms with van der Waals surface area (Å²) in [7, 11) is 3.27. The summed E-state index contributed by atoms with van der Waals surface area (Å²) in [6.45, 7) is 0. The maximum Gasteiger partial charge on any atom is 0.165 e. The van der Waals surface area contributed by atoms with Crippen LogP contribution in [0.1, 0.15) is 17.2 Å². The van der Waals surface area contributed by atoms with Crippen LogP contribution in [0.15, 0.2) is 42.5 Å². The van der Waals surface area contributed by atoms with Gasteiger partial charge in [-0.1, -0.05) is 24.3 Å². The number of hydrogen-bond donors (Lipinski definition) is 2. The summed E-state index contributed by atoms with van der Waals surface area (Å²) in [4.78, 5) is 0. The van der Waals surface area contributed by atoms with E-state index in [0.29, 0.717) is 11.5 Å². The second-order valence-electron chi connectivity index (χ2n) is 4.63. The van der Waals surface area contributed by atoms with Gasteiger partial charge < -0.3 is 9.47 Å². The first-order valence-electron chi connectivity index (χ1n) is 6.61. The number of hydrogen-bond acceptors (Lipinski definition) is 4. The quantitative estimate of drug-likeness (QED) is 0.446. The molecule has 2 rings (SSSR count). The summed E-state index contributed by atoms with van der Waals surface area (Å²) in [5.74, 6) is 7.17. The second kappa shape index (κ2) is 7.63. The number of hydrazine groups is 1. The van der Waals surface area contributed by atoms with Crippen LogP contribution in [0, 0.1) is 3.57 Å². The van der Waals surface area contributed by atoms with Gasteiger partial charge in [0.2, 0.25) is 0 Å². The summed E-state index contributed by atoms with van der Waals surface area (Å²) in [5, 5.41) is 0. The molecule has 0 aromatic heterocycles. The highest BCUT2D eigenvalue weighted by atomic mass is 127. The van der Waals surface area contributed by atoms with Crippen LogP contribution in [0.2, 0.25) is 0 Å². The van der Waals surface area contributed by atoms with Gasteiger partial charge in [-0.3, -0.25) is 11.3 Å². The number of nitrogens with two attached hydrogens (primary N) is 1. The fourth-order valence-electron chi connectivity index (χ4n) is 2.30. The fraction of sp³-hybridized carbons (Fsp3) is 0.250. The first-order valence-corrected chi connectivity index (χ1v) is 7.69. The topological polar surface area (TPSA) is 56.5 Å². The Labute approximate surface area is 138 Å². The van der Waals surface area contributed by atoms with E-state index in [0.717, 1.165) is 12.0 Å². The summed E-state index contributed by atoms with van der Waals surface area (Å²) >= 11 is 2.29. The third-order valence-corrected chi connectivity index (χ3v) is 4.08. The molecule has 0 amide bonds. The Morgan fingerprint density at radius 2 is 1.81 bits per heavy atom. The lowest BCUT2D eigenvalue weighted by atomic mass is 9.98. The maximum atomic E-state index is 5.75. The van der Waals surface area contributed by atoms with Crippen molar-refractivity contribution in [1.29, 1.82) is 0 Å². The van der Waals surface area contributed by atoms with E-state index in [1.165, 1.54) is 9.13 Å². The minimum Gasteiger partial charge on any atom is -0.493 e. The van der Waals surface area contributed by atoms with E-state index in [2.05, 4.69) is 52.3 Å². The number of methoxy groups -OCH3 is 2. The summed E-state index contributed by atoms with van der Waals surface area (Å²) in [5.41, 5.74) is 5.07. The average Bonchev–Trinajstić information content (AvgIpc) is 2.53. The Balaban J connectivity index is 2.31. The van der Waals surface area contributed by atoms with E-state index in [9.17, 15) is 0 Å². The number of para-hydroxylation sites is 1. The number of rotatable bonds is 6. The highest BCUT2D eigenvalue weighted by molar-refractivity contribution is 14.1. The van der Waals surface area contributed by atoms with Gasteiger partial charge in [-0.05, 0) is 52.8 Å². The summed E-state index contributed by atoms with van der Waals surface area (Å²) in [6, 6.07) is 14.2. The van der Waals surface area contributed by atoms with Crippen LogP contribution in [-0.4, -0.2) is 14.2 Å². The van der Waals surface area contributed by atoms with Crippen molar-refractivity contribution in [1.82, 2.24) is 5.43 Å². The number of benzene rings is 2. The zero-order valence-corrected chi connectivity index (χ0v) is 14.3. The van der Waals surface area contributed by atoms with Crippen LogP contribution >= 0.6 is 22.6 Å². The third kappa shape index (κ3) is 3.87. The minimum atomic E-state index is -0.0462. The van der Waals surface area contributed by atoms with Gasteiger partial charge in [0, 0.05) is 9.13 Å². The first-order chi connectivity index (χ1) is 10.2. The monoisotopic (exact) mass is 398 g/mol. The molecule has 0 bridgehead atoms. The molecule has 3 N–H and O–H groups in total. The third-order valence-electron chi connectivity index (χ3n) is 3.36. The van der Waals surface area contributed by atoms with Crippen LogP contribution in [0.4, 0.5) is 0 Å². The van der Waals surface area contributed by atoms with Gasteiger partial charge in [-0.15, -0.1) is 0 Å². The lowest BCUT2D eigenvalue weighted by Gasteiger charge is -2.20. The van der Waals surface area contributed by atoms with Crippen LogP contribution in [0.5, 0.6) is 11.5 Å². The summed E-state index contributed by atoms with van der Waals surface area (Å²) in [6.07, 6.45) is 0.775. The molecule has 1 atom stereocenters. The normalized spacial score (nSPS) is 12.0. The maximum absolute atomic E-state index is 5.75. The number of ether oxygens (including phenoxy) is 2. The Kier molecular flexibility index (Phi) is 5.84. The zero-order valence-electron chi connectivity index (χ0n) is 12.1. The molecule has 2 aromatic carbocycles. The highest BCUT2D eigenvalue weighted by Gasteiger charge is 2.18. The molecule has 0 spiro atoms. The van der Waals surface area contributed by atoms with Gasteiger partial charge in [-0.2, -0.15) is 0 Å². The molecule has 4 nitrogen and oxygen atoms in total. The highest BCUT2D eigenvalue weighted by Crippen LogP contribution is 2.35.